The van der Waals surface area contributed by atoms with Crippen LogP contribution in [0, 0.1) is 5.92 Å². The number of carbonyl (C=O) groups excluding carboxylic acids is 2. The molecule has 1 atom stereocenters. The lowest BCUT2D eigenvalue weighted by molar-refractivity contribution is -0.252. The first-order valence-electron chi connectivity index (χ1n) is 11.2. The van der Waals surface area contributed by atoms with Gasteiger partial charge in [-0.1, -0.05) is 26.0 Å². The number of hydrogen-bond donors (Lipinski definition) is 2. The summed E-state index contributed by atoms with van der Waals surface area (Å²) >= 11 is 0. The number of carboxylic acid groups (broad SMARTS) is 1. The summed E-state index contributed by atoms with van der Waals surface area (Å²) in [4.78, 5) is 30.8. The van der Waals surface area contributed by atoms with Crippen molar-refractivity contribution >= 4 is 29.2 Å². The predicted molar refractivity (Wildman–Crippen MR) is 122 cm³/mol. The molecule has 2 aromatic rings. The van der Waals surface area contributed by atoms with Gasteiger partial charge in [-0.2, -0.15) is 0 Å². The van der Waals surface area contributed by atoms with Crippen molar-refractivity contribution in [3.05, 3.63) is 24.3 Å². The quantitative estimate of drug-likeness (QED) is 0.704. The first kappa shape index (κ1) is 23.8. The average Bonchev–Trinajstić information content (AvgIpc) is 3.05. The zero-order chi connectivity index (χ0) is 23.5. The molecule has 1 amide bonds. The highest BCUT2D eigenvalue weighted by Gasteiger charge is 2.27. The van der Waals surface area contributed by atoms with E-state index in [2.05, 4.69) is 20.5 Å². The van der Waals surface area contributed by atoms with Crippen molar-refractivity contribution in [1.82, 2.24) is 19.8 Å². The topological polar surface area (TPSA) is 112 Å². The van der Waals surface area contributed by atoms with Crippen LogP contribution in [-0.4, -0.2) is 64.0 Å². The molecule has 0 spiro atoms. The Kier molecular flexibility index (Phi) is 7.28. The van der Waals surface area contributed by atoms with Crippen LogP contribution < -0.4 is 15.7 Å². The SMILES string of the molecule is CC(C)C(CN1CCC(Nc2nc3ccccc3n2C(=O)OC(C)(C)C)CC1)NC(=O)[O-]. The van der Waals surface area contributed by atoms with Crippen molar-refractivity contribution in [2.75, 3.05) is 25.0 Å². The fraction of sp³-hybridized carbons (Fsp3) is 0.609. The number of piperidine rings is 1. The molecule has 1 unspecified atom stereocenters. The molecule has 9 nitrogen and oxygen atoms in total. The number of imidazole rings is 1. The molecule has 1 fully saturated rings. The maximum absolute atomic E-state index is 12.9. The predicted octanol–water partition coefficient (Wildman–Crippen LogP) is 2.65. The zero-order valence-corrected chi connectivity index (χ0v) is 19.6. The van der Waals surface area contributed by atoms with E-state index in [1.807, 2.05) is 58.9 Å². The summed E-state index contributed by atoms with van der Waals surface area (Å²) in [6.45, 7) is 11.8. The van der Waals surface area contributed by atoms with Crippen LogP contribution in [0.4, 0.5) is 15.5 Å². The summed E-state index contributed by atoms with van der Waals surface area (Å²) < 4.78 is 7.12. The van der Waals surface area contributed by atoms with Gasteiger partial charge < -0.3 is 30.2 Å². The van der Waals surface area contributed by atoms with E-state index in [1.165, 1.54) is 4.57 Å². The number of nitrogens with zero attached hydrogens (tertiary/aromatic N) is 3. The number of amides is 1. The Bertz CT molecular complexity index is 942. The first-order valence-corrected chi connectivity index (χ1v) is 11.2. The summed E-state index contributed by atoms with van der Waals surface area (Å²) in [5, 5.41) is 16.9. The number of carbonyl (C=O) groups is 2. The number of para-hydroxylation sites is 2. The van der Waals surface area contributed by atoms with Crippen molar-refractivity contribution in [2.45, 2.75) is 65.1 Å². The van der Waals surface area contributed by atoms with Gasteiger partial charge >= 0.3 is 6.09 Å². The standard InChI is InChI=1S/C23H35N5O4/c1-15(2)18(26-21(29)30)14-27-12-10-16(11-13-27)24-20-25-17-8-6-7-9-19(17)28(20)22(31)32-23(3,4)5/h6-9,15-16,18,26H,10-14H2,1-5H3,(H,24,25)(H,29,30)/p-1. The van der Waals surface area contributed by atoms with Crippen LogP contribution >= 0.6 is 0 Å². The van der Waals surface area contributed by atoms with Crippen LogP contribution in [-0.2, 0) is 4.74 Å². The smallest absolute Gasteiger partial charge is 0.421 e. The largest absolute Gasteiger partial charge is 0.530 e. The molecule has 2 heterocycles. The molecule has 0 bridgehead atoms. The van der Waals surface area contributed by atoms with Crippen LogP contribution in [0.3, 0.4) is 0 Å². The minimum absolute atomic E-state index is 0.149. The molecular formula is C23H34N5O4-. The molecule has 32 heavy (non-hydrogen) atoms. The number of nitrogens with one attached hydrogen (secondary N) is 2. The van der Waals surface area contributed by atoms with Crippen molar-refractivity contribution in [3.8, 4) is 0 Å². The molecule has 3 rings (SSSR count). The summed E-state index contributed by atoms with van der Waals surface area (Å²) in [5.41, 5.74) is 0.818. The third kappa shape index (κ3) is 6.12. The van der Waals surface area contributed by atoms with Crippen LogP contribution in [0.25, 0.3) is 11.0 Å². The van der Waals surface area contributed by atoms with Gasteiger partial charge in [0.15, 0.2) is 0 Å². The molecule has 1 aliphatic heterocycles. The number of aromatic nitrogens is 2. The summed E-state index contributed by atoms with van der Waals surface area (Å²) in [5.74, 6) is 0.662. The van der Waals surface area contributed by atoms with Crippen molar-refractivity contribution < 1.29 is 19.4 Å². The number of fused-ring (bicyclic) bond motifs is 1. The van der Waals surface area contributed by atoms with Crippen molar-refractivity contribution in [3.63, 3.8) is 0 Å². The summed E-state index contributed by atoms with van der Waals surface area (Å²) in [6, 6.07) is 7.48. The Balaban J connectivity index is 1.68. The Morgan fingerprint density at radius 1 is 1.22 bits per heavy atom. The van der Waals surface area contributed by atoms with E-state index in [9.17, 15) is 14.7 Å². The van der Waals surface area contributed by atoms with Crippen LogP contribution in [0.2, 0.25) is 0 Å². The average molecular weight is 445 g/mol. The highest BCUT2D eigenvalue weighted by atomic mass is 16.6. The molecule has 1 aromatic carbocycles. The third-order valence-corrected chi connectivity index (χ3v) is 5.62. The summed E-state index contributed by atoms with van der Waals surface area (Å²) in [7, 11) is 0. The maximum atomic E-state index is 12.9. The number of ether oxygens (including phenoxy) is 1. The number of likely N-dealkylation sites (tertiary alicyclic amines) is 1. The third-order valence-electron chi connectivity index (χ3n) is 5.62. The molecule has 0 radical (unpaired) electrons. The van der Waals surface area contributed by atoms with E-state index in [0.29, 0.717) is 18.0 Å². The molecule has 1 saturated heterocycles. The van der Waals surface area contributed by atoms with E-state index in [0.717, 1.165) is 31.4 Å². The van der Waals surface area contributed by atoms with E-state index < -0.39 is 17.8 Å². The number of anilines is 1. The van der Waals surface area contributed by atoms with Gasteiger partial charge in [-0.25, -0.2) is 14.3 Å². The van der Waals surface area contributed by atoms with Gasteiger partial charge in [0.25, 0.3) is 0 Å². The molecule has 2 N–H and O–H groups in total. The number of benzene rings is 1. The van der Waals surface area contributed by atoms with Gasteiger partial charge in [0, 0.05) is 31.7 Å². The van der Waals surface area contributed by atoms with Gasteiger partial charge in [0.2, 0.25) is 5.95 Å². The monoisotopic (exact) mass is 444 g/mol. The Labute approximate surface area is 189 Å². The Hall–Kier alpha value is -2.81. The lowest BCUT2D eigenvalue weighted by Gasteiger charge is -2.36. The lowest BCUT2D eigenvalue weighted by Crippen LogP contribution is -2.52. The summed E-state index contributed by atoms with van der Waals surface area (Å²) in [6.07, 6.45) is 0.0157. The van der Waals surface area contributed by atoms with E-state index >= 15 is 0 Å². The molecule has 9 heteroatoms. The molecular weight excluding hydrogens is 410 g/mol. The van der Waals surface area contributed by atoms with E-state index in [1.54, 1.807) is 0 Å². The molecule has 0 aliphatic carbocycles. The fourth-order valence-corrected chi connectivity index (χ4v) is 3.91. The van der Waals surface area contributed by atoms with Gasteiger partial charge in [-0.3, -0.25) is 0 Å². The number of rotatable bonds is 6. The second kappa shape index (κ2) is 9.77. The van der Waals surface area contributed by atoms with Crippen LogP contribution in [0.15, 0.2) is 24.3 Å². The Morgan fingerprint density at radius 3 is 2.47 bits per heavy atom. The van der Waals surface area contributed by atoms with Gasteiger partial charge in [0.1, 0.15) is 11.7 Å². The molecule has 1 aliphatic rings. The lowest BCUT2D eigenvalue weighted by atomic mass is 10.0. The minimum Gasteiger partial charge on any atom is -0.530 e. The molecule has 1 aromatic heterocycles. The second-order valence-electron chi connectivity index (χ2n) is 9.74. The van der Waals surface area contributed by atoms with Crippen molar-refractivity contribution in [1.29, 1.82) is 0 Å². The first-order chi connectivity index (χ1) is 15.0. The highest BCUT2D eigenvalue weighted by Crippen LogP contribution is 2.24. The van der Waals surface area contributed by atoms with E-state index in [4.69, 9.17) is 4.74 Å². The van der Waals surface area contributed by atoms with Gasteiger partial charge in [0.05, 0.1) is 11.0 Å². The molecule has 0 saturated carbocycles. The van der Waals surface area contributed by atoms with Gasteiger partial charge in [-0.05, 0) is 51.7 Å². The fourth-order valence-electron chi connectivity index (χ4n) is 3.91. The van der Waals surface area contributed by atoms with Crippen LogP contribution in [0.5, 0.6) is 0 Å². The van der Waals surface area contributed by atoms with Gasteiger partial charge in [-0.15, -0.1) is 0 Å². The zero-order valence-electron chi connectivity index (χ0n) is 19.6. The van der Waals surface area contributed by atoms with Crippen LogP contribution in [0.1, 0.15) is 47.5 Å². The second-order valence-corrected chi connectivity index (χ2v) is 9.74. The Morgan fingerprint density at radius 2 is 1.88 bits per heavy atom. The number of hydrogen-bond acceptors (Lipinski definition) is 7. The van der Waals surface area contributed by atoms with E-state index in [-0.39, 0.29) is 18.0 Å². The maximum Gasteiger partial charge on any atom is 0.421 e. The highest BCUT2D eigenvalue weighted by molar-refractivity contribution is 5.90. The normalized spacial score (nSPS) is 16.8. The van der Waals surface area contributed by atoms with Crippen molar-refractivity contribution in [2.24, 2.45) is 5.92 Å². The molecule has 176 valence electrons. The minimum atomic E-state index is -1.23.